The number of esters is 1. The molecule has 2 bridgehead atoms. The molecule has 174 valence electrons. The van der Waals surface area contributed by atoms with Crippen LogP contribution in [0.15, 0.2) is 24.3 Å². The molecule has 1 spiro atoms. The van der Waals surface area contributed by atoms with Crippen molar-refractivity contribution in [3.8, 4) is 0 Å². The lowest BCUT2D eigenvalue weighted by Crippen LogP contribution is -2.55. The number of hydrogen-bond donors (Lipinski definition) is 2. The van der Waals surface area contributed by atoms with Crippen molar-refractivity contribution in [3.05, 3.63) is 29.3 Å². The summed E-state index contributed by atoms with van der Waals surface area (Å²) in [5.41, 5.74) is -1.59. The average molecular weight is 465 g/mol. The number of carbonyl (C=O) groups is 3. The van der Waals surface area contributed by atoms with Gasteiger partial charge in [0, 0.05) is 0 Å². The quantitative estimate of drug-likeness (QED) is 0.600. The zero-order valence-corrected chi connectivity index (χ0v) is 19.2. The van der Waals surface area contributed by atoms with E-state index in [0.717, 1.165) is 0 Å². The third kappa shape index (κ3) is 3.15. The van der Waals surface area contributed by atoms with Crippen molar-refractivity contribution < 1.29 is 29.0 Å². The summed E-state index contributed by atoms with van der Waals surface area (Å²) >= 11 is 6.23. The molecule has 3 aliphatic rings. The molecule has 8 nitrogen and oxygen atoms in total. The highest BCUT2D eigenvalue weighted by Crippen LogP contribution is 2.64. The Bertz CT molecular complexity index is 941. The normalized spacial score (nSPS) is 33.8. The molecule has 1 aromatic rings. The molecule has 0 saturated carbocycles. The maximum Gasteiger partial charge on any atom is 0.312 e. The van der Waals surface area contributed by atoms with Gasteiger partial charge in [-0.3, -0.25) is 14.4 Å². The zero-order valence-electron chi connectivity index (χ0n) is 18.5. The van der Waals surface area contributed by atoms with Crippen molar-refractivity contribution in [3.63, 3.8) is 0 Å². The molecular weight excluding hydrogens is 436 g/mol. The van der Waals surface area contributed by atoms with Gasteiger partial charge in [-0.15, -0.1) is 0 Å². The number of aliphatic hydroxyl groups is 1. The monoisotopic (exact) mass is 464 g/mol. The van der Waals surface area contributed by atoms with Gasteiger partial charge in [0.15, 0.2) is 0 Å². The maximum absolute atomic E-state index is 13.7. The van der Waals surface area contributed by atoms with Crippen molar-refractivity contribution in [1.82, 2.24) is 4.90 Å². The number of likely N-dealkylation sites (tertiary alicyclic amines) is 1. The first kappa shape index (κ1) is 23.0. The standard InChI is InChI=1S/C23H29ClN2O6/c1-4-22-10-11-23(32-22)16(17(22)21(30)31-5-2)20(29)26(13(3)12-27)18(23)19(28)25-15-9-7-6-8-14(15)24/h6-9,13,16-18,27H,4-5,10-12H2,1-3H3,(H,25,28)/t13-,16+,17+,18?,22-,23?/m1/s1. The van der Waals surface area contributed by atoms with E-state index in [-0.39, 0.29) is 19.1 Å². The number of fused-ring (bicyclic) bond motifs is 1. The van der Waals surface area contributed by atoms with Gasteiger partial charge >= 0.3 is 5.97 Å². The lowest BCUT2D eigenvalue weighted by molar-refractivity contribution is -0.161. The van der Waals surface area contributed by atoms with E-state index in [9.17, 15) is 19.5 Å². The van der Waals surface area contributed by atoms with Gasteiger partial charge in [0.25, 0.3) is 0 Å². The second kappa shape index (κ2) is 8.32. The van der Waals surface area contributed by atoms with Crippen molar-refractivity contribution in [2.24, 2.45) is 11.8 Å². The summed E-state index contributed by atoms with van der Waals surface area (Å²) in [7, 11) is 0. The second-order valence-corrected chi connectivity index (χ2v) is 9.24. The summed E-state index contributed by atoms with van der Waals surface area (Å²) in [4.78, 5) is 41.7. The Labute approximate surface area is 192 Å². The predicted molar refractivity (Wildman–Crippen MR) is 117 cm³/mol. The fourth-order valence-electron chi connectivity index (χ4n) is 5.87. The zero-order chi connectivity index (χ0) is 23.3. The smallest absolute Gasteiger partial charge is 0.312 e. The molecule has 9 heteroatoms. The number of amides is 2. The van der Waals surface area contributed by atoms with Gasteiger partial charge in [0.2, 0.25) is 11.8 Å². The van der Waals surface area contributed by atoms with E-state index in [2.05, 4.69) is 5.32 Å². The van der Waals surface area contributed by atoms with Crippen LogP contribution in [0, 0.1) is 11.8 Å². The molecule has 2 N–H and O–H groups in total. The Morgan fingerprint density at radius 2 is 2.06 bits per heavy atom. The number of rotatable bonds is 7. The summed E-state index contributed by atoms with van der Waals surface area (Å²) in [6.45, 7) is 5.18. The lowest BCUT2D eigenvalue weighted by atomic mass is 9.65. The van der Waals surface area contributed by atoms with Crippen molar-refractivity contribution in [1.29, 1.82) is 0 Å². The maximum atomic E-state index is 13.7. The van der Waals surface area contributed by atoms with Crippen LogP contribution < -0.4 is 5.32 Å². The first-order chi connectivity index (χ1) is 15.3. The molecular formula is C23H29ClN2O6. The summed E-state index contributed by atoms with van der Waals surface area (Å²) in [5, 5.41) is 13.1. The number of aliphatic hydroxyl groups excluding tert-OH is 1. The molecule has 0 aromatic heterocycles. The van der Waals surface area contributed by atoms with Gasteiger partial charge in [-0.2, -0.15) is 0 Å². The second-order valence-electron chi connectivity index (χ2n) is 8.83. The van der Waals surface area contributed by atoms with Gasteiger partial charge in [-0.1, -0.05) is 30.7 Å². The molecule has 2 amide bonds. The van der Waals surface area contributed by atoms with Crippen LogP contribution in [0.5, 0.6) is 0 Å². The van der Waals surface area contributed by atoms with Crippen molar-refractivity contribution in [2.45, 2.75) is 63.3 Å². The lowest BCUT2D eigenvalue weighted by Gasteiger charge is -2.36. The first-order valence-corrected chi connectivity index (χ1v) is 11.5. The highest BCUT2D eigenvalue weighted by molar-refractivity contribution is 6.33. The highest BCUT2D eigenvalue weighted by Gasteiger charge is 2.79. The van der Waals surface area contributed by atoms with E-state index in [1.165, 1.54) is 4.90 Å². The van der Waals surface area contributed by atoms with Gasteiger partial charge in [0.1, 0.15) is 17.6 Å². The number of para-hydroxylation sites is 1. The number of hydrogen-bond acceptors (Lipinski definition) is 6. The Hall–Kier alpha value is -2.16. The fourth-order valence-corrected chi connectivity index (χ4v) is 6.06. The predicted octanol–water partition coefficient (Wildman–Crippen LogP) is 2.38. The van der Waals surface area contributed by atoms with E-state index in [4.69, 9.17) is 21.1 Å². The van der Waals surface area contributed by atoms with Crippen LogP contribution in [0.2, 0.25) is 5.02 Å². The molecule has 2 unspecified atom stereocenters. The van der Waals surface area contributed by atoms with Crippen LogP contribution in [0.3, 0.4) is 0 Å². The number of halogens is 1. The van der Waals surface area contributed by atoms with E-state index >= 15 is 0 Å². The number of nitrogens with zero attached hydrogens (tertiary/aromatic N) is 1. The largest absolute Gasteiger partial charge is 0.466 e. The van der Waals surface area contributed by atoms with Crippen LogP contribution in [0.4, 0.5) is 5.69 Å². The van der Waals surface area contributed by atoms with E-state index < -0.39 is 47.0 Å². The average Bonchev–Trinajstić information content (AvgIpc) is 3.38. The van der Waals surface area contributed by atoms with E-state index in [1.54, 1.807) is 38.1 Å². The summed E-state index contributed by atoms with van der Waals surface area (Å²) in [6, 6.07) is 5.19. The van der Waals surface area contributed by atoms with Crippen molar-refractivity contribution >= 4 is 35.1 Å². The molecule has 4 rings (SSSR count). The molecule has 3 saturated heterocycles. The van der Waals surface area contributed by atoms with E-state index in [0.29, 0.717) is 30.0 Å². The third-order valence-electron chi connectivity index (χ3n) is 7.28. The van der Waals surface area contributed by atoms with Gasteiger partial charge in [-0.05, 0) is 45.2 Å². The minimum atomic E-state index is -1.17. The van der Waals surface area contributed by atoms with E-state index in [1.807, 2.05) is 6.92 Å². The van der Waals surface area contributed by atoms with Crippen LogP contribution in [0.25, 0.3) is 0 Å². The molecule has 0 radical (unpaired) electrons. The number of ether oxygens (including phenoxy) is 2. The van der Waals surface area contributed by atoms with Crippen LogP contribution in [0.1, 0.15) is 40.0 Å². The third-order valence-corrected chi connectivity index (χ3v) is 7.61. The number of anilines is 1. The fraction of sp³-hybridized carbons (Fsp3) is 0.609. The number of carbonyl (C=O) groups excluding carboxylic acids is 3. The molecule has 32 heavy (non-hydrogen) atoms. The highest BCUT2D eigenvalue weighted by atomic mass is 35.5. The SMILES string of the molecule is CCOC(=O)[C@@H]1[C@H]2C(=O)N([C@H](C)CO)C(C(=O)Nc3ccccc3Cl)C23CC[C@@]1(CC)O3. The Morgan fingerprint density at radius 3 is 2.69 bits per heavy atom. The molecule has 3 heterocycles. The molecule has 1 aromatic carbocycles. The Kier molecular flexibility index (Phi) is 5.98. The molecule has 3 aliphatic heterocycles. The van der Waals surface area contributed by atoms with Gasteiger partial charge in [0.05, 0.1) is 41.5 Å². The molecule has 0 aliphatic carbocycles. The minimum Gasteiger partial charge on any atom is -0.466 e. The van der Waals surface area contributed by atoms with Gasteiger partial charge < -0.3 is 24.8 Å². The van der Waals surface area contributed by atoms with Crippen LogP contribution in [-0.4, -0.2) is 64.3 Å². The van der Waals surface area contributed by atoms with Gasteiger partial charge in [-0.25, -0.2) is 0 Å². The number of nitrogens with one attached hydrogen (secondary N) is 1. The van der Waals surface area contributed by atoms with Crippen LogP contribution >= 0.6 is 11.6 Å². The minimum absolute atomic E-state index is 0.191. The first-order valence-electron chi connectivity index (χ1n) is 11.1. The summed E-state index contributed by atoms with van der Waals surface area (Å²) in [5.74, 6) is -2.92. The molecule has 3 fully saturated rings. The number of benzene rings is 1. The molecule has 6 atom stereocenters. The topological polar surface area (TPSA) is 105 Å². The Balaban J connectivity index is 1.78. The van der Waals surface area contributed by atoms with Crippen LogP contribution in [-0.2, 0) is 23.9 Å². The summed E-state index contributed by atoms with van der Waals surface area (Å²) in [6.07, 6.45) is 1.53. The van der Waals surface area contributed by atoms with Crippen molar-refractivity contribution in [2.75, 3.05) is 18.5 Å². The summed E-state index contributed by atoms with van der Waals surface area (Å²) < 4.78 is 11.9. The Morgan fingerprint density at radius 1 is 1.34 bits per heavy atom.